The van der Waals surface area contributed by atoms with Gasteiger partial charge in [-0.25, -0.2) is 0 Å². The monoisotopic (exact) mass is 223 g/mol. The Kier molecular flexibility index (Phi) is 2.28. The van der Waals surface area contributed by atoms with Crippen molar-refractivity contribution in [3.63, 3.8) is 0 Å². The first-order valence-electron chi connectivity index (χ1n) is 4.00. The lowest BCUT2D eigenvalue weighted by atomic mass is 10.1. The van der Waals surface area contributed by atoms with Gasteiger partial charge in [-0.15, -0.1) is 0 Å². The van der Waals surface area contributed by atoms with Crippen LogP contribution in [0.2, 0.25) is 0 Å². The van der Waals surface area contributed by atoms with Gasteiger partial charge in [0, 0.05) is 17.6 Å². The smallest absolute Gasteiger partial charge is 0.0183 e. The highest BCUT2D eigenvalue weighted by Crippen LogP contribution is 2.15. The van der Waals surface area contributed by atoms with Crippen LogP contribution in [-0.2, 0) is 0 Å². The minimum atomic E-state index is 1.05. The predicted octanol–water partition coefficient (Wildman–Crippen LogP) is 2.44. The van der Waals surface area contributed by atoms with E-state index in [9.17, 15) is 0 Å². The fourth-order valence-corrected chi connectivity index (χ4v) is 1.62. The SMILES string of the molecule is Brc1cccc(C=C2CNC2)c1. The molecule has 1 aliphatic rings. The van der Waals surface area contributed by atoms with E-state index in [1.165, 1.54) is 11.1 Å². The Morgan fingerprint density at radius 1 is 1.33 bits per heavy atom. The van der Waals surface area contributed by atoms with Gasteiger partial charge in [0.1, 0.15) is 0 Å². The molecule has 1 N–H and O–H groups in total. The zero-order valence-corrected chi connectivity index (χ0v) is 8.26. The van der Waals surface area contributed by atoms with Crippen molar-refractivity contribution in [2.45, 2.75) is 0 Å². The van der Waals surface area contributed by atoms with Crippen LogP contribution in [0.5, 0.6) is 0 Å². The maximum atomic E-state index is 3.45. The van der Waals surface area contributed by atoms with Crippen LogP contribution in [0.3, 0.4) is 0 Å². The lowest BCUT2D eigenvalue weighted by molar-refractivity contribution is 0.675. The highest BCUT2D eigenvalue weighted by molar-refractivity contribution is 9.10. The normalized spacial score (nSPS) is 15.6. The van der Waals surface area contributed by atoms with Crippen LogP contribution in [0, 0.1) is 0 Å². The molecule has 0 aliphatic carbocycles. The highest BCUT2D eigenvalue weighted by atomic mass is 79.9. The molecule has 1 aliphatic heterocycles. The molecule has 1 heterocycles. The summed E-state index contributed by atoms with van der Waals surface area (Å²) in [6.07, 6.45) is 2.24. The fourth-order valence-electron chi connectivity index (χ4n) is 1.20. The first kappa shape index (κ1) is 8.02. The molecule has 0 atom stereocenters. The molecular weight excluding hydrogens is 214 g/mol. The summed E-state index contributed by atoms with van der Waals surface area (Å²) in [6.45, 7) is 2.10. The summed E-state index contributed by atoms with van der Waals surface area (Å²) in [4.78, 5) is 0. The first-order chi connectivity index (χ1) is 5.84. The van der Waals surface area contributed by atoms with Gasteiger partial charge in [-0.1, -0.05) is 34.1 Å². The predicted molar refractivity (Wildman–Crippen MR) is 55.0 cm³/mol. The minimum absolute atomic E-state index is 1.05. The van der Waals surface area contributed by atoms with E-state index in [0.29, 0.717) is 0 Å². The topological polar surface area (TPSA) is 12.0 Å². The van der Waals surface area contributed by atoms with Crippen molar-refractivity contribution >= 4 is 22.0 Å². The molecule has 2 rings (SSSR count). The maximum Gasteiger partial charge on any atom is 0.0183 e. The second-order valence-electron chi connectivity index (χ2n) is 2.96. The van der Waals surface area contributed by atoms with Crippen LogP contribution in [-0.4, -0.2) is 13.1 Å². The molecule has 1 aromatic carbocycles. The van der Waals surface area contributed by atoms with E-state index in [1.807, 2.05) is 6.07 Å². The molecule has 1 saturated heterocycles. The molecule has 0 radical (unpaired) electrons. The standard InChI is InChI=1S/C10H10BrN/c11-10-3-1-2-8(5-10)4-9-6-12-7-9/h1-5,12H,6-7H2. The Labute approximate surface area is 80.6 Å². The number of halogens is 1. The summed E-state index contributed by atoms with van der Waals surface area (Å²) < 4.78 is 1.14. The summed E-state index contributed by atoms with van der Waals surface area (Å²) in [5, 5.41) is 3.22. The Hall–Kier alpha value is -0.600. The molecule has 12 heavy (non-hydrogen) atoms. The van der Waals surface area contributed by atoms with Crippen LogP contribution in [0.25, 0.3) is 6.08 Å². The average molecular weight is 224 g/mol. The van der Waals surface area contributed by atoms with Gasteiger partial charge in [0.25, 0.3) is 0 Å². The van der Waals surface area contributed by atoms with E-state index in [4.69, 9.17) is 0 Å². The fraction of sp³-hybridized carbons (Fsp3) is 0.200. The lowest BCUT2D eigenvalue weighted by Crippen LogP contribution is -2.33. The third kappa shape index (κ3) is 1.76. The highest BCUT2D eigenvalue weighted by Gasteiger charge is 2.05. The van der Waals surface area contributed by atoms with Gasteiger partial charge in [-0.2, -0.15) is 0 Å². The van der Waals surface area contributed by atoms with Gasteiger partial charge in [0.15, 0.2) is 0 Å². The molecule has 0 aromatic heterocycles. The van der Waals surface area contributed by atoms with Crippen molar-refractivity contribution in [2.75, 3.05) is 13.1 Å². The Balaban J connectivity index is 2.22. The molecule has 2 heteroatoms. The van der Waals surface area contributed by atoms with E-state index in [-0.39, 0.29) is 0 Å². The Morgan fingerprint density at radius 3 is 2.75 bits per heavy atom. The van der Waals surface area contributed by atoms with Crippen molar-refractivity contribution in [1.29, 1.82) is 0 Å². The molecule has 1 aromatic rings. The van der Waals surface area contributed by atoms with Gasteiger partial charge in [0.2, 0.25) is 0 Å². The summed E-state index contributed by atoms with van der Waals surface area (Å²) in [5.41, 5.74) is 2.76. The molecular formula is C10H10BrN. The Morgan fingerprint density at radius 2 is 2.17 bits per heavy atom. The first-order valence-corrected chi connectivity index (χ1v) is 4.79. The minimum Gasteiger partial charge on any atom is -0.309 e. The second-order valence-corrected chi connectivity index (χ2v) is 3.88. The molecule has 0 amide bonds. The van der Waals surface area contributed by atoms with Gasteiger partial charge in [-0.3, -0.25) is 0 Å². The third-order valence-corrected chi connectivity index (χ3v) is 2.42. The number of rotatable bonds is 1. The van der Waals surface area contributed by atoms with Crippen molar-refractivity contribution in [2.24, 2.45) is 0 Å². The number of nitrogens with one attached hydrogen (secondary N) is 1. The van der Waals surface area contributed by atoms with E-state index < -0.39 is 0 Å². The van der Waals surface area contributed by atoms with Crippen LogP contribution < -0.4 is 5.32 Å². The van der Waals surface area contributed by atoms with Crippen LogP contribution in [0.4, 0.5) is 0 Å². The van der Waals surface area contributed by atoms with Crippen molar-refractivity contribution in [1.82, 2.24) is 5.32 Å². The zero-order chi connectivity index (χ0) is 8.39. The van der Waals surface area contributed by atoms with Crippen LogP contribution in [0.1, 0.15) is 5.56 Å². The van der Waals surface area contributed by atoms with Gasteiger partial charge < -0.3 is 5.32 Å². The molecule has 62 valence electrons. The van der Waals surface area contributed by atoms with Gasteiger partial charge >= 0.3 is 0 Å². The van der Waals surface area contributed by atoms with E-state index in [0.717, 1.165) is 17.6 Å². The summed E-state index contributed by atoms with van der Waals surface area (Å²) >= 11 is 3.45. The van der Waals surface area contributed by atoms with Crippen LogP contribution >= 0.6 is 15.9 Å². The number of hydrogen-bond donors (Lipinski definition) is 1. The van der Waals surface area contributed by atoms with Gasteiger partial charge in [-0.05, 0) is 23.3 Å². The summed E-state index contributed by atoms with van der Waals surface area (Å²) in [7, 11) is 0. The molecule has 1 nitrogen and oxygen atoms in total. The maximum absolute atomic E-state index is 3.45. The van der Waals surface area contributed by atoms with Crippen molar-refractivity contribution < 1.29 is 0 Å². The second kappa shape index (κ2) is 3.42. The largest absolute Gasteiger partial charge is 0.309 e. The van der Waals surface area contributed by atoms with Crippen molar-refractivity contribution in [3.8, 4) is 0 Å². The molecule has 0 unspecified atom stereocenters. The summed E-state index contributed by atoms with van der Waals surface area (Å²) in [6, 6.07) is 8.35. The third-order valence-electron chi connectivity index (χ3n) is 1.92. The van der Waals surface area contributed by atoms with Crippen LogP contribution in [0.15, 0.2) is 34.3 Å². The van der Waals surface area contributed by atoms with E-state index in [2.05, 4.69) is 45.5 Å². The number of benzene rings is 1. The van der Waals surface area contributed by atoms with E-state index in [1.54, 1.807) is 0 Å². The summed E-state index contributed by atoms with van der Waals surface area (Å²) in [5.74, 6) is 0. The lowest BCUT2D eigenvalue weighted by Gasteiger charge is -2.18. The number of hydrogen-bond acceptors (Lipinski definition) is 1. The molecule has 0 bridgehead atoms. The molecule has 1 fully saturated rings. The van der Waals surface area contributed by atoms with Crippen molar-refractivity contribution in [3.05, 3.63) is 39.9 Å². The molecule has 0 spiro atoms. The average Bonchev–Trinajstić information content (AvgIpc) is 1.97. The molecule has 0 saturated carbocycles. The van der Waals surface area contributed by atoms with E-state index >= 15 is 0 Å². The zero-order valence-electron chi connectivity index (χ0n) is 6.68. The van der Waals surface area contributed by atoms with Gasteiger partial charge in [0.05, 0.1) is 0 Å². The quantitative estimate of drug-likeness (QED) is 0.772. The Bertz CT molecular complexity index is 311.